The molecule has 0 saturated carbocycles. The molecule has 0 aliphatic heterocycles. The molecule has 102 valence electrons. The van der Waals surface area contributed by atoms with Crippen LogP contribution in [0.5, 0.6) is 11.6 Å². The number of rotatable bonds is 4. The second-order valence-corrected chi connectivity index (χ2v) is 3.74. The first-order valence-electron chi connectivity index (χ1n) is 5.68. The monoisotopic (exact) mass is 273 g/mol. The van der Waals surface area contributed by atoms with Gasteiger partial charge in [-0.05, 0) is 18.2 Å². The molecular formula is C13H11N3O4. The number of amides is 1. The first-order chi connectivity index (χ1) is 9.61. The molecule has 1 amide bonds. The van der Waals surface area contributed by atoms with Gasteiger partial charge in [0.05, 0.1) is 0 Å². The fourth-order valence-electron chi connectivity index (χ4n) is 1.47. The topological polar surface area (TPSA) is 101 Å². The van der Waals surface area contributed by atoms with Crippen molar-refractivity contribution < 1.29 is 19.4 Å². The maximum atomic E-state index is 11.3. The molecule has 1 heterocycles. The van der Waals surface area contributed by atoms with Crippen molar-refractivity contribution in [2.75, 3.05) is 7.05 Å². The molecular weight excluding hydrogens is 262 g/mol. The predicted molar refractivity (Wildman–Crippen MR) is 68.9 cm³/mol. The van der Waals surface area contributed by atoms with Crippen LogP contribution in [0.25, 0.3) is 0 Å². The number of aromatic carboxylic acids is 1. The van der Waals surface area contributed by atoms with E-state index in [9.17, 15) is 9.59 Å². The van der Waals surface area contributed by atoms with E-state index in [-0.39, 0.29) is 28.8 Å². The summed E-state index contributed by atoms with van der Waals surface area (Å²) >= 11 is 0. The SMILES string of the molecule is CNC(=O)c1ccc(Oc2ccccc2C(=O)O)nn1. The van der Waals surface area contributed by atoms with E-state index in [0.717, 1.165) is 0 Å². The summed E-state index contributed by atoms with van der Waals surface area (Å²) in [7, 11) is 1.48. The van der Waals surface area contributed by atoms with E-state index >= 15 is 0 Å². The number of benzene rings is 1. The number of aromatic nitrogens is 2. The number of carboxylic acids is 1. The molecule has 0 aliphatic carbocycles. The van der Waals surface area contributed by atoms with Gasteiger partial charge in [0.15, 0.2) is 5.69 Å². The van der Waals surface area contributed by atoms with Crippen LogP contribution in [-0.4, -0.2) is 34.2 Å². The van der Waals surface area contributed by atoms with Crippen molar-refractivity contribution in [1.82, 2.24) is 15.5 Å². The van der Waals surface area contributed by atoms with Crippen LogP contribution < -0.4 is 10.1 Å². The van der Waals surface area contributed by atoms with Gasteiger partial charge in [0, 0.05) is 13.1 Å². The van der Waals surface area contributed by atoms with Crippen LogP contribution in [0.3, 0.4) is 0 Å². The molecule has 0 bridgehead atoms. The van der Waals surface area contributed by atoms with Gasteiger partial charge in [-0.15, -0.1) is 10.2 Å². The van der Waals surface area contributed by atoms with Crippen LogP contribution in [0, 0.1) is 0 Å². The van der Waals surface area contributed by atoms with Crippen molar-refractivity contribution in [3.63, 3.8) is 0 Å². The van der Waals surface area contributed by atoms with Gasteiger partial charge in [-0.3, -0.25) is 4.79 Å². The maximum absolute atomic E-state index is 11.3. The number of para-hydroxylation sites is 1. The number of nitrogens with zero attached hydrogens (tertiary/aromatic N) is 2. The molecule has 7 heteroatoms. The Hall–Kier alpha value is -2.96. The lowest BCUT2D eigenvalue weighted by Gasteiger charge is -2.07. The Balaban J connectivity index is 2.23. The van der Waals surface area contributed by atoms with Crippen LogP contribution in [-0.2, 0) is 0 Å². The number of nitrogens with one attached hydrogen (secondary N) is 1. The molecule has 0 spiro atoms. The summed E-state index contributed by atoms with van der Waals surface area (Å²) in [5, 5.41) is 18.8. The van der Waals surface area contributed by atoms with Gasteiger partial charge in [0.1, 0.15) is 11.3 Å². The van der Waals surface area contributed by atoms with Gasteiger partial charge in [-0.25, -0.2) is 4.79 Å². The first kappa shape index (κ1) is 13.5. The van der Waals surface area contributed by atoms with Crippen LogP contribution in [0.15, 0.2) is 36.4 Å². The average molecular weight is 273 g/mol. The van der Waals surface area contributed by atoms with Gasteiger partial charge in [-0.1, -0.05) is 12.1 Å². The van der Waals surface area contributed by atoms with Crippen molar-refractivity contribution in [3.05, 3.63) is 47.7 Å². The van der Waals surface area contributed by atoms with E-state index < -0.39 is 5.97 Å². The van der Waals surface area contributed by atoms with E-state index in [1.54, 1.807) is 12.1 Å². The quantitative estimate of drug-likeness (QED) is 0.871. The highest BCUT2D eigenvalue weighted by Gasteiger charge is 2.12. The fraction of sp³-hybridized carbons (Fsp3) is 0.0769. The molecule has 1 aromatic heterocycles. The molecule has 0 aliphatic rings. The van der Waals surface area contributed by atoms with Gasteiger partial charge >= 0.3 is 5.97 Å². The first-order valence-corrected chi connectivity index (χ1v) is 5.68. The lowest BCUT2D eigenvalue weighted by molar-refractivity contribution is 0.0694. The van der Waals surface area contributed by atoms with Crippen LogP contribution in [0.2, 0.25) is 0 Å². The lowest BCUT2D eigenvalue weighted by atomic mass is 10.2. The summed E-state index contributed by atoms with van der Waals surface area (Å²) in [6, 6.07) is 9.05. The van der Waals surface area contributed by atoms with Crippen LogP contribution in [0.4, 0.5) is 0 Å². The normalized spacial score (nSPS) is 9.85. The maximum Gasteiger partial charge on any atom is 0.339 e. The number of hydrogen-bond donors (Lipinski definition) is 2. The van der Waals surface area contributed by atoms with E-state index in [1.165, 1.54) is 31.3 Å². The number of carbonyl (C=O) groups is 2. The van der Waals surface area contributed by atoms with Crippen molar-refractivity contribution in [1.29, 1.82) is 0 Å². The third-order valence-electron chi connectivity index (χ3n) is 2.43. The fourth-order valence-corrected chi connectivity index (χ4v) is 1.47. The van der Waals surface area contributed by atoms with Gasteiger partial charge in [-0.2, -0.15) is 0 Å². The third kappa shape index (κ3) is 2.89. The molecule has 0 fully saturated rings. The summed E-state index contributed by atoms with van der Waals surface area (Å²) in [6.45, 7) is 0. The summed E-state index contributed by atoms with van der Waals surface area (Å²) in [5.74, 6) is -1.21. The summed E-state index contributed by atoms with van der Waals surface area (Å²) < 4.78 is 5.35. The third-order valence-corrected chi connectivity index (χ3v) is 2.43. The molecule has 0 atom stereocenters. The van der Waals surface area contributed by atoms with Crippen LogP contribution in [0.1, 0.15) is 20.8 Å². The zero-order chi connectivity index (χ0) is 14.5. The molecule has 2 aromatic rings. The second-order valence-electron chi connectivity index (χ2n) is 3.74. The Kier molecular flexibility index (Phi) is 3.90. The summed E-state index contributed by atoms with van der Waals surface area (Å²) in [6.07, 6.45) is 0. The zero-order valence-corrected chi connectivity index (χ0v) is 10.5. The van der Waals surface area contributed by atoms with Crippen molar-refractivity contribution in [2.45, 2.75) is 0 Å². The molecule has 20 heavy (non-hydrogen) atoms. The Bertz CT molecular complexity index is 640. The molecule has 2 rings (SSSR count). The van der Waals surface area contributed by atoms with E-state index in [1.807, 2.05) is 0 Å². The molecule has 2 N–H and O–H groups in total. The van der Waals surface area contributed by atoms with Gasteiger partial charge < -0.3 is 15.2 Å². The number of carboxylic acid groups (broad SMARTS) is 1. The summed E-state index contributed by atoms with van der Waals surface area (Å²) in [5.41, 5.74) is 0.163. The Morgan fingerprint density at radius 3 is 2.50 bits per heavy atom. The smallest absolute Gasteiger partial charge is 0.339 e. The minimum absolute atomic E-state index is 0.0182. The molecule has 0 unspecified atom stereocenters. The predicted octanol–water partition coefficient (Wildman–Crippen LogP) is 1.33. The Labute approximate surface area is 114 Å². The van der Waals surface area contributed by atoms with Gasteiger partial charge in [0.25, 0.3) is 5.91 Å². The highest BCUT2D eigenvalue weighted by atomic mass is 16.5. The highest BCUT2D eigenvalue weighted by Crippen LogP contribution is 2.23. The summed E-state index contributed by atoms with van der Waals surface area (Å²) in [4.78, 5) is 22.3. The molecule has 0 saturated heterocycles. The zero-order valence-electron chi connectivity index (χ0n) is 10.5. The standard InChI is InChI=1S/C13H11N3O4/c1-14-12(17)9-6-7-11(16-15-9)20-10-5-3-2-4-8(10)13(18)19/h2-7H,1H3,(H,14,17)(H,18,19). The van der Waals surface area contributed by atoms with E-state index in [0.29, 0.717) is 0 Å². The number of hydrogen-bond acceptors (Lipinski definition) is 5. The second kappa shape index (κ2) is 5.79. The van der Waals surface area contributed by atoms with Crippen LogP contribution >= 0.6 is 0 Å². The van der Waals surface area contributed by atoms with Gasteiger partial charge in [0.2, 0.25) is 5.88 Å². The molecule has 0 radical (unpaired) electrons. The van der Waals surface area contributed by atoms with Crippen molar-refractivity contribution in [2.24, 2.45) is 0 Å². The van der Waals surface area contributed by atoms with E-state index in [2.05, 4.69) is 15.5 Å². The van der Waals surface area contributed by atoms with Crippen molar-refractivity contribution in [3.8, 4) is 11.6 Å². The minimum atomic E-state index is -1.10. The highest BCUT2D eigenvalue weighted by molar-refractivity contribution is 5.92. The molecule has 7 nitrogen and oxygen atoms in total. The Morgan fingerprint density at radius 2 is 1.90 bits per heavy atom. The largest absolute Gasteiger partial charge is 0.478 e. The van der Waals surface area contributed by atoms with Crippen molar-refractivity contribution >= 4 is 11.9 Å². The van der Waals surface area contributed by atoms with E-state index in [4.69, 9.17) is 9.84 Å². The average Bonchev–Trinajstić information content (AvgIpc) is 2.47. The minimum Gasteiger partial charge on any atom is -0.478 e. The number of carbonyl (C=O) groups excluding carboxylic acids is 1. The number of ether oxygens (including phenoxy) is 1. The Morgan fingerprint density at radius 1 is 1.15 bits per heavy atom. The molecule has 1 aromatic carbocycles. The lowest BCUT2D eigenvalue weighted by Crippen LogP contribution is -2.19.